The van der Waals surface area contributed by atoms with Crippen molar-refractivity contribution in [3.63, 3.8) is 0 Å². The van der Waals surface area contributed by atoms with Crippen molar-refractivity contribution in [2.24, 2.45) is 5.73 Å². The second-order valence-corrected chi connectivity index (χ2v) is 3.82. The molecule has 1 heterocycles. The summed E-state index contributed by atoms with van der Waals surface area (Å²) in [6.45, 7) is 0.475. The molecule has 0 fully saturated rings. The van der Waals surface area contributed by atoms with Gasteiger partial charge in [-0.3, -0.25) is 4.98 Å². The van der Waals surface area contributed by atoms with Crippen LogP contribution in [0.15, 0.2) is 24.4 Å². The number of aromatic nitrogens is 1. The van der Waals surface area contributed by atoms with Crippen molar-refractivity contribution in [1.82, 2.24) is 4.98 Å². The summed E-state index contributed by atoms with van der Waals surface area (Å²) in [6, 6.07) is 5.51. The summed E-state index contributed by atoms with van der Waals surface area (Å²) in [4.78, 5) is 4.23. The van der Waals surface area contributed by atoms with Crippen LogP contribution in [0.4, 0.5) is 0 Å². The average molecular weight is 227 g/mol. The first-order chi connectivity index (χ1) is 6.70. The van der Waals surface area contributed by atoms with Gasteiger partial charge in [0.1, 0.15) is 0 Å². The Balaban J connectivity index is 2.70. The molecule has 0 unspecified atom stereocenters. The van der Waals surface area contributed by atoms with Crippen molar-refractivity contribution in [3.8, 4) is 0 Å². The molecule has 0 atom stereocenters. The Morgan fingerprint density at radius 1 is 1.14 bits per heavy atom. The zero-order chi connectivity index (χ0) is 10.1. The summed E-state index contributed by atoms with van der Waals surface area (Å²) in [5, 5.41) is 2.02. The summed E-state index contributed by atoms with van der Waals surface area (Å²) in [6.07, 6.45) is 1.74. The lowest BCUT2D eigenvalue weighted by molar-refractivity contribution is 1.06. The number of hydrogen-bond acceptors (Lipinski definition) is 2. The Bertz CT molecular complexity index is 483. The monoisotopic (exact) mass is 226 g/mol. The number of halogens is 2. The number of rotatable bonds is 1. The minimum absolute atomic E-state index is 0.475. The molecule has 0 spiro atoms. The molecule has 72 valence electrons. The van der Waals surface area contributed by atoms with E-state index in [4.69, 9.17) is 28.9 Å². The Hall–Kier alpha value is -0.830. The smallest absolute Gasteiger partial charge is 0.0718 e. The van der Waals surface area contributed by atoms with Crippen molar-refractivity contribution in [2.75, 3.05) is 0 Å². The van der Waals surface area contributed by atoms with Gasteiger partial charge in [0.2, 0.25) is 0 Å². The maximum absolute atomic E-state index is 5.89. The molecule has 1 aromatic carbocycles. The van der Waals surface area contributed by atoms with Crippen LogP contribution in [0.3, 0.4) is 0 Å². The van der Waals surface area contributed by atoms with E-state index in [1.54, 1.807) is 18.3 Å². The highest BCUT2D eigenvalue weighted by Gasteiger charge is 2.02. The molecule has 0 radical (unpaired) electrons. The topological polar surface area (TPSA) is 38.9 Å². The molecule has 0 aliphatic rings. The van der Waals surface area contributed by atoms with Crippen LogP contribution in [-0.2, 0) is 6.54 Å². The lowest BCUT2D eigenvalue weighted by Crippen LogP contribution is -1.96. The van der Waals surface area contributed by atoms with Crippen LogP contribution in [0.2, 0.25) is 10.0 Å². The van der Waals surface area contributed by atoms with Gasteiger partial charge in [0.25, 0.3) is 0 Å². The van der Waals surface area contributed by atoms with Crippen molar-refractivity contribution >= 4 is 34.1 Å². The quantitative estimate of drug-likeness (QED) is 0.813. The fraction of sp³-hybridized carbons (Fsp3) is 0.100. The van der Waals surface area contributed by atoms with Gasteiger partial charge in [-0.2, -0.15) is 0 Å². The summed E-state index contributed by atoms with van der Waals surface area (Å²) >= 11 is 11.8. The van der Waals surface area contributed by atoms with Gasteiger partial charge in [-0.25, -0.2) is 0 Å². The van der Waals surface area contributed by atoms with Crippen LogP contribution in [0.1, 0.15) is 5.56 Å². The van der Waals surface area contributed by atoms with E-state index in [2.05, 4.69) is 4.98 Å². The van der Waals surface area contributed by atoms with Crippen LogP contribution < -0.4 is 5.73 Å². The van der Waals surface area contributed by atoms with Gasteiger partial charge in [0.15, 0.2) is 0 Å². The van der Waals surface area contributed by atoms with Gasteiger partial charge in [0, 0.05) is 18.1 Å². The van der Waals surface area contributed by atoms with Gasteiger partial charge in [-0.1, -0.05) is 23.2 Å². The zero-order valence-corrected chi connectivity index (χ0v) is 8.81. The molecule has 2 N–H and O–H groups in total. The van der Waals surface area contributed by atoms with Crippen LogP contribution in [0.5, 0.6) is 0 Å². The number of fused-ring (bicyclic) bond motifs is 1. The predicted octanol–water partition coefficient (Wildman–Crippen LogP) is 3.00. The maximum Gasteiger partial charge on any atom is 0.0718 e. The van der Waals surface area contributed by atoms with Gasteiger partial charge in [-0.05, 0) is 23.8 Å². The SMILES string of the molecule is NCc1cnc2cc(Cl)c(Cl)cc2c1. The summed E-state index contributed by atoms with van der Waals surface area (Å²) in [7, 11) is 0. The summed E-state index contributed by atoms with van der Waals surface area (Å²) < 4.78 is 0. The lowest BCUT2D eigenvalue weighted by Gasteiger charge is -2.02. The minimum Gasteiger partial charge on any atom is -0.326 e. The summed E-state index contributed by atoms with van der Waals surface area (Å²) in [5.74, 6) is 0. The molecule has 2 aromatic rings. The van der Waals surface area contributed by atoms with Crippen molar-refractivity contribution in [2.45, 2.75) is 6.54 Å². The lowest BCUT2D eigenvalue weighted by atomic mass is 10.1. The minimum atomic E-state index is 0.475. The molecule has 1 aromatic heterocycles. The van der Waals surface area contributed by atoms with E-state index in [0.29, 0.717) is 16.6 Å². The van der Waals surface area contributed by atoms with E-state index < -0.39 is 0 Å². The van der Waals surface area contributed by atoms with E-state index in [-0.39, 0.29) is 0 Å². The van der Waals surface area contributed by atoms with Crippen molar-refractivity contribution in [1.29, 1.82) is 0 Å². The Morgan fingerprint density at radius 3 is 2.57 bits per heavy atom. The molecule has 2 nitrogen and oxygen atoms in total. The van der Waals surface area contributed by atoms with Gasteiger partial charge < -0.3 is 5.73 Å². The van der Waals surface area contributed by atoms with Crippen LogP contribution in [0, 0.1) is 0 Å². The maximum atomic E-state index is 5.89. The number of benzene rings is 1. The fourth-order valence-electron chi connectivity index (χ4n) is 1.28. The number of pyridine rings is 1. The molecule has 0 aliphatic carbocycles. The molecule has 0 amide bonds. The van der Waals surface area contributed by atoms with Gasteiger partial charge >= 0.3 is 0 Å². The molecule has 0 saturated heterocycles. The van der Waals surface area contributed by atoms with E-state index in [0.717, 1.165) is 16.5 Å². The largest absolute Gasteiger partial charge is 0.326 e. The summed E-state index contributed by atoms with van der Waals surface area (Å²) in [5.41, 5.74) is 7.32. The highest BCUT2D eigenvalue weighted by molar-refractivity contribution is 6.42. The van der Waals surface area contributed by atoms with E-state index in [9.17, 15) is 0 Å². The van der Waals surface area contributed by atoms with E-state index in [1.807, 2.05) is 6.07 Å². The highest BCUT2D eigenvalue weighted by Crippen LogP contribution is 2.26. The molecule has 0 bridgehead atoms. The van der Waals surface area contributed by atoms with E-state index in [1.165, 1.54) is 0 Å². The molecule has 0 aliphatic heterocycles. The standard InChI is InChI=1S/C10H8Cl2N2/c11-8-2-7-1-6(4-13)5-14-10(7)3-9(8)12/h1-3,5H,4,13H2. The van der Waals surface area contributed by atoms with Crippen LogP contribution in [0.25, 0.3) is 10.9 Å². The molecular weight excluding hydrogens is 219 g/mol. The van der Waals surface area contributed by atoms with Gasteiger partial charge in [-0.15, -0.1) is 0 Å². The number of nitrogens with zero attached hydrogens (tertiary/aromatic N) is 1. The molecule has 4 heteroatoms. The Morgan fingerprint density at radius 2 is 1.86 bits per heavy atom. The molecular formula is C10H8Cl2N2. The fourth-order valence-corrected chi connectivity index (χ4v) is 1.61. The second kappa shape index (κ2) is 3.73. The third-order valence-corrected chi connectivity index (χ3v) is 2.74. The molecule has 14 heavy (non-hydrogen) atoms. The normalized spacial score (nSPS) is 10.8. The number of nitrogens with two attached hydrogens (primary N) is 1. The zero-order valence-electron chi connectivity index (χ0n) is 7.30. The first-order valence-electron chi connectivity index (χ1n) is 4.14. The molecule has 0 saturated carbocycles. The van der Waals surface area contributed by atoms with Crippen LogP contribution >= 0.6 is 23.2 Å². The van der Waals surface area contributed by atoms with Gasteiger partial charge in [0.05, 0.1) is 15.6 Å². The van der Waals surface area contributed by atoms with Crippen molar-refractivity contribution in [3.05, 3.63) is 40.0 Å². The first-order valence-corrected chi connectivity index (χ1v) is 4.90. The first kappa shape index (κ1) is 9.71. The van der Waals surface area contributed by atoms with E-state index >= 15 is 0 Å². The molecule has 2 rings (SSSR count). The third kappa shape index (κ3) is 1.69. The third-order valence-electron chi connectivity index (χ3n) is 2.02. The second-order valence-electron chi connectivity index (χ2n) is 3.01. The van der Waals surface area contributed by atoms with Crippen LogP contribution in [-0.4, -0.2) is 4.98 Å². The average Bonchev–Trinajstić information content (AvgIpc) is 2.19. The predicted molar refractivity (Wildman–Crippen MR) is 59.7 cm³/mol. The highest BCUT2D eigenvalue weighted by atomic mass is 35.5. The van der Waals surface area contributed by atoms with Crippen molar-refractivity contribution < 1.29 is 0 Å². The Kier molecular flexibility index (Phi) is 2.59. The number of hydrogen-bond donors (Lipinski definition) is 1. The Labute approximate surface area is 91.6 Å².